The highest BCUT2D eigenvalue weighted by Gasteiger charge is 2.37. The highest BCUT2D eigenvalue weighted by molar-refractivity contribution is 6.11. The van der Waals surface area contributed by atoms with E-state index in [1.807, 2.05) is 6.07 Å². The van der Waals surface area contributed by atoms with Gasteiger partial charge in [0.1, 0.15) is 0 Å². The number of benzene rings is 7. The minimum atomic E-state index is -0.148. The van der Waals surface area contributed by atoms with E-state index in [2.05, 4.69) is 184 Å². The molecule has 11 rings (SSSR count). The minimum Gasteiger partial charge on any atom is -0.278 e. The third-order valence-electron chi connectivity index (χ3n) is 12.3. The minimum absolute atomic E-state index is 0.107. The van der Waals surface area contributed by atoms with Crippen molar-refractivity contribution >= 4 is 21.8 Å². The van der Waals surface area contributed by atoms with E-state index in [1.54, 1.807) is 0 Å². The monoisotopic (exact) mass is 706 g/mol. The van der Waals surface area contributed by atoms with Crippen LogP contribution >= 0.6 is 0 Å². The van der Waals surface area contributed by atoms with Gasteiger partial charge in [-0.2, -0.15) is 9.97 Å². The average molecular weight is 707 g/mol. The van der Waals surface area contributed by atoms with Crippen LogP contribution in [0.5, 0.6) is 0 Å². The van der Waals surface area contributed by atoms with Crippen molar-refractivity contribution in [2.24, 2.45) is 0 Å². The van der Waals surface area contributed by atoms with E-state index >= 15 is 0 Å². The fourth-order valence-electron chi connectivity index (χ4n) is 9.39. The molecule has 262 valence electrons. The van der Waals surface area contributed by atoms with E-state index in [-0.39, 0.29) is 10.8 Å². The molecule has 2 aliphatic rings. The van der Waals surface area contributed by atoms with Crippen LogP contribution in [-0.2, 0) is 10.8 Å². The molecule has 0 fully saturated rings. The van der Waals surface area contributed by atoms with Crippen LogP contribution in [0.2, 0.25) is 0 Å². The standard InChI is InChI=1S/C51H38N4/c1-50(2)41-19-11-8-16-35(41)37-27-26-34(28-43(37)50)48-52-47(33-24-22-32(23-25-33)31-14-6-5-7-15-31)53-49(54-48)55-45-21-13-10-18-38(45)40-29-44-39(30-46(40)55)36-17-9-12-20-42(36)51(44,3)4/h5-30H,1-4H3. The van der Waals surface area contributed by atoms with Gasteiger partial charge in [0.25, 0.3) is 0 Å². The smallest absolute Gasteiger partial charge is 0.238 e. The summed E-state index contributed by atoms with van der Waals surface area (Å²) in [5, 5.41) is 2.38. The van der Waals surface area contributed by atoms with Gasteiger partial charge in [-0.25, -0.2) is 4.98 Å². The van der Waals surface area contributed by atoms with Crippen molar-refractivity contribution in [3.05, 3.63) is 180 Å². The maximum absolute atomic E-state index is 5.37. The average Bonchev–Trinajstić information content (AvgIpc) is 3.76. The normalized spacial score (nSPS) is 14.5. The second-order valence-electron chi connectivity index (χ2n) is 16.1. The van der Waals surface area contributed by atoms with Crippen molar-refractivity contribution in [3.63, 3.8) is 0 Å². The summed E-state index contributed by atoms with van der Waals surface area (Å²) < 4.78 is 2.25. The molecule has 0 radical (unpaired) electrons. The predicted molar refractivity (Wildman–Crippen MR) is 226 cm³/mol. The van der Waals surface area contributed by atoms with E-state index in [0.29, 0.717) is 17.6 Å². The lowest BCUT2D eigenvalue weighted by molar-refractivity contribution is 0.660. The molecule has 0 amide bonds. The summed E-state index contributed by atoms with van der Waals surface area (Å²) in [4.78, 5) is 15.9. The van der Waals surface area contributed by atoms with Crippen LogP contribution in [0.3, 0.4) is 0 Å². The Hall–Kier alpha value is -6.65. The van der Waals surface area contributed by atoms with Crippen LogP contribution < -0.4 is 0 Å². The van der Waals surface area contributed by atoms with Gasteiger partial charge >= 0.3 is 0 Å². The first-order valence-corrected chi connectivity index (χ1v) is 19.1. The van der Waals surface area contributed by atoms with Gasteiger partial charge in [0.05, 0.1) is 11.0 Å². The highest BCUT2D eigenvalue weighted by Crippen LogP contribution is 2.52. The lowest BCUT2D eigenvalue weighted by Gasteiger charge is -2.22. The molecule has 0 aliphatic heterocycles. The summed E-state index contributed by atoms with van der Waals surface area (Å²) in [5.41, 5.74) is 16.6. The van der Waals surface area contributed by atoms with Crippen molar-refractivity contribution in [3.8, 4) is 62.1 Å². The Balaban J connectivity index is 1.16. The molecule has 7 aromatic carbocycles. The molecule has 55 heavy (non-hydrogen) atoms. The molecular formula is C51H38N4. The summed E-state index contributed by atoms with van der Waals surface area (Å²) in [6.07, 6.45) is 0. The predicted octanol–water partition coefficient (Wildman–Crippen LogP) is 12.6. The fourth-order valence-corrected chi connectivity index (χ4v) is 9.39. The molecule has 0 saturated heterocycles. The van der Waals surface area contributed by atoms with Gasteiger partial charge in [-0.05, 0) is 79.9 Å². The Morgan fingerprint density at radius 1 is 0.364 bits per heavy atom. The highest BCUT2D eigenvalue weighted by atomic mass is 15.2. The molecule has 0 bridgehead atoms. The molecule has 2 aliphatic carbocycles. The molecule has 0 N–H and O–H groups in total. The van der Waals surface area contributed by atoms with Crippen LogP contribution in [0.1, 0.15) is 49.9 Å². The fraction of sp³-hybridized carbons (Fsp3) is 0.118. The maximum atomic E-state index is 5.37. The molecule has 4 nitrogen and oxygen atoms in total. The van der Waals surface area contributed by atoms with E-state index in [1.165, 1.54) is 60.8 Å². The van der Waals surface area contributed by atoms with Crippen LogP contribution in [0.15, 0.2) is 158 Å². The quantitative estimate of drug-likeness (QED) is 0.183. The second-order valence-corrected chi connectivity index (χ2v) is 16.1. The third-order valence-corrected chi connectivity index (χ3v) is 12.3. The zero-order chi connectivity index (χ0) is 37.1. The largest absolute Gasteiger partial charge is 0.278 e. The second kappa shape index (κ2) is 11.4. The Kier molecular flexibility index (Phi) is 6.61. The van der Waals surface area contributed by atoms with E-state index in [9.17, 15) is 0 Å². The number of aromatic nitrogens is 4. The van der Waals surface area contributed by atoms with Crippen molar-refractivity contribution in [2.75, 3.05) is 0 Å². The van der Waals surface area contributed by atoms with Gasteiger partial charge in [-0.3, -0.25) is 4.57 Å². The zero-order valence-corrected chi connectivity index (χ0v) is 31.3. The Bertz CT molecular complexity index is 3020. The third kappa shape index (κ3) is 4.61. The van der Waals surface area contributed by atoms with Crippen molar-refractivity contribution < 1.29 is 0 Å². The summed E-state index contributed by atoms with van der Waals surface area (Å²) in [6.45, 7) is 9.31. The molecular weight excluding hydrogens is 669 g/mol. The van der Waals surface area contributed by atoms with Crippen LogP contribution in [0.4, 0.5) is 0 Å². The van der Waals surface area contributed by atoms with E-state index in [0.717, 1.165) is 27.7 Å². The van der Waals surface area contributed by atoms with Crippen LogP contribution in [0.25, 0.3) is 83.9 Å². The summed E-state index contributed by atoms with van der Waals surface area (Å²) in [7, 11) is 0. The van der Waals surface area contributed by atoms with Gasteiger partial charge in [0.15, 0.2) is 11.6 Å². The number of nitrogens with zero attached hydrogens (tertiary/aromatic N) is 4. The maximum Gasteiger partial charge on any atom is 0.238 e. The van der Waals surface area contributed by atoms with Crippen LogP contribution in [-0.4, -0.2) is 19.5 Å². The Labute approximate surface area is 320 Å². The molecule has 0 atom stereocenters. The van der Waals surface area contributed by atoms with Gasteiger partial charge in [0, 0.05) is 32.7 Å². The first kappa shape index (κ1) is 31.8. The Morgan fingerprint density at radius 2 is 0.891 bits per heavy atom. The van der Waals surface area contributed by atoms with Gasteiger partial charge in [0.2, 0.25) is 5.95 Å². The SMILES string of the molecule is CC1(C)c2ccccc2-c2ccc(-c3nc(-c4ccc(-c5ccccc5)cc4)nc(-n4c5ccccc5c5cc6c(cc54)-c4ccccc4C6(C)C)n3)cc21. The number of hydrogen-bond acceptors (Lipinski definition) is 3. The molecule has 2 aromatic heterocycles. The topological polar surface area (TPSA) is 43.6 Å². The van der Waals surface area contributed by atoms with Gasteiger partial charge < -0.3 is 0 Å². The molecule has 9 aromatic rings. The van der Waals surface area contributed by atoms with E-state index in [4.69, 9.17) is 15.0 Å². The zero-order valence-electron chi connectivity index (χ0n) is 31.3. The van der Waals surface area contributed by atoms with Crippen molar-refractivity contribution in [2.45, 2.75) is 38.5 Å². The van der Waals surface area contributed by atoms with Crippen molar-refractivity contribution in [1.29, 1.82) is 0 Å². The van der Waals surface area contributed by atoms with Crippen molar-refractivity contribution in [1.82, 2.24) is 19.5 Å². The summed E-state index contributed by atoms with van der Waals surface area (Å²) in [5.74, 6) is 1.90. The molecule has 0 unspecified atom stereocenters. The Morgan fingerprint density at radius 3 is 1.62 bits per heavy atom. The molecule has 0 spiro atoms. The van der Waals surface area contributed by atoms with Gasteiger partial charge in [-0.15, -0.1) is 0 Å². The number of rotatable bonds is 4. The number of fused-ring (bicyclic) bond motifs is 9. The van der Waals surface area contributed by atoms with Crippen LogP contribution in [0, 0.1) is 0 Å². The lowest BCUT2D eigenvalue weighted by Crippen LogP contribution is -2.15. The molecule has 4 heteroatoms. The summed E-state index contributed by atoms with van der Waals surface area (Å²) in [6, 6.07) is 56.8. The number of para-hydroxylation sites is 1. The summed E-state index contributed by atoms with van der Waals surface area (Å²) >= 11 is 0. The van der Waals surface area contributed by atoms with E-state index < -0.39 is 0 Å². The first-order chi connectivity index (χ1) is 26.8. The van der Waals surface area contributed by atoms with Gasteiger partial charge in [-0.1, -0.05) is 161 Å². The lowest BCUT2D eigenvalue weighted by atomic mass is 9.82. The first-order valence-electron chi connectivity index (χ1n) is 19.1. The number of hydrogen-bond donors (Lipinski definition) is 0. The molecule has 2 heterocycles. The molecule has 0 saturated carbocycles.